The third-order valence-corrected chi connectivity index (χ3v) is 3.63. The van der Waals surface area contributed by atoms with Gasteiger partial charge in [-0.2, -0.15) is 0 Å². The van der Waals surface area contributed by atoms with Gasteiger partial charge in [0, 0.05) is 12.8 Å². The maximum absolute atomic E-state index is 11.7. The summed E-state index contributed by atoms with van der Waals surface area (Å²) in [6, 6.07) is 0. The molecule has 2 N–H and O–H groups in total. The highest BCUT2D eigenvalue weighted by Gasteiger charge is 2.39. The normalized spacial score (nSPS) is 24.9. The summed E-state index contributed by atoms with van der Waals surface area (Å²) in [5, 5.41) is 5.77. The van der Waals surface area contributed by atoms with Gasteiger partial charge in [-0.05, 0) is 33.7 Å². The van der Waals surface area contributed by atoms with E-state index in [0.717, 1.165) is 0 Å². The Morgan fingerprint density at radius 2 is 2.06 bits per heavy atom. The van der Waals surface area contributed by atoms with Crippen LogP contribution in [0.25, 0.3) is 0 Å². The van der Waals surface area contributed by atoms with Gasteiger partial charge in [0.15, 0.2) is 0 Å². The van der Waals surface area contributed by atoms with Crippen molar-refractivity contribution in [1.82, 2.24) is 10.6 Å². The molecule has 1 aliphatic heterocycles. The van der Waals surface area contributed by atoms with E-state index >= 15 is 0 Å². The Kier molecular flexibility index (Phi) is 4.27. The molecule has 0 aliphatic carbocycles. The minimum Gasteiger partial charge on any atom is -0.444 e. The van der Waals surface area contributed by atoms with Gasteiger partial charge in [-0.3, -0.25) is 0 Å². The summed E-state index contributed by atoms with van der Waals surface area (Å²) in [5.41, 5.74) is -1.35. The zero-order valence-electron chi connectivity index (χ0n) is 11.4. The number of amides is 1. The van der Waals surface area contributed by atoms with Gasteiger partial charge in [0.05, 0.1) is 11.3 Å². The molecule has 0 saturated carbocycles. The maximum atomic E-state index is 11.7. The topological polar surface area (TPSA) is 84.5 Å². The molecule has 7 heteroatoms. The summed E-state index contributed by atoms with van der Waals surface area (Å²) in [6.45, 7) is 6.43. The van der Waals surface area contributed by atoms with Crippen LogP contribution in [-0.4, -0.2) is 50.7 Å². The Balaban J connectivity index is 2.72. The van der Waals surface area contributed by atoms with Crippen molar-refractivity contribution in [2.24, 2.45) is 0 Å². The number of sulfone groups is 1. The van der Waals surface area contributed by atoms with Gasteiger partial charge in [-0.25, -0.2) is 13.2 Å². The number of ether oxygens (including phenoxy) is 1. The highest BCUT2D eigenvalue weighted by Crippen LogP contribution is 2.18. The average Bonchev–Trinajstić information content (AvgIpc) is 2.44. The van der Waals surface area contributed by atoms with Crippen LogP contribution in [0.4, 0.5) is 4.79 Å². The molecule has 1 saturated heterocycles. The second-order valence-corrected chi connectivity index (χ2v) is 8.04. The Labute approximate surface area is 108 Å². The molecular formula is C11H22N2O4S. The predicted molar refractivity (Wildman–Crippen MR) is 69.3 cm³/mol. The van der Waals surface area contributed by atoms with Crippen LogP contribution < -0.4 is 10.6 Å². The van der Waals surface area contributed by atoms with Crippen molar-refractivity contribution in [1.29, 1.82) is 0 Å². The lowest BCUT2D eigenvalue weighted by Gasteiger charge is -2.30. The second-order valence-electron chi connectivity index (χ2n) is 5.90. The van der Waals surface area contributed by atoms with Gasteiger partial charge in [0.2, 0.25) is 0 Å². The first-order valence-electron chi connectivity index (χ1n) is 5.91. The zero-order chi connectivity index (χ0) is 14.0. The predicted octanol–water partition coefficient (Wildman–Crippen LogP) is 0.288. The van der Waals surface area contributed by atoms with Crippen molar-refractivity contribution < 1.29 is 17.9 Å². The molecule has 0 aromatic rings. The van der Waals surface area contributed by atoms with E-state index in [1.165, 1.54) is 6.26 Å². The molecule has 1 atom stereocenters. The number of carbonyl (C=O) groups is 1. The maximum Gasteiger partial charge on any atom is 0.408 e. The summed E-state index contributed by atoms with van der Waals surface area (Å²) in [6.07, 6.45) is 1.18. The smallest absolute Gasteiger partial charge is 0.408 e. The van der Waals surface area contributed by atoms with Crippen LogP contribution in [0, 0.1) is 0 Å². The lowest BCUT2D eigenvalue weighted by atomic mass is 10.0. The van der Waals surface area contributed by atoms with Crippen LogP contribution in [0.2, 0.25) is 0 Å². The third-order valence-electron chi connectivity index (χ3n) is 2.55. The van der Waals surface area contributed by atoms with E-state index in [1.54, 1.807) is 20.8 Å². The fourth-order valence-corrected chi connectivity index (χ4v) is 3.35. The molecule has 0 spiro atoms. The number of carbonyl (C=O) groups excluding carboxylic acids is 1. The molecule has 1 aliphatic rings. The quantitative estimate of drug-likeness (QED) is 0.775. The molecule has 106 valence electrons. The van der Waals surface area contributed by atoms with Crippen molar-refractivity contribution >= 4 is 15.9 Å². The van der Waals surface area contributed by atoms with E-state index in [0.29, 0.717) is 19.5 Å². The Morgan fingerprint density at radius 1 is 1.44 bits per heavy atom. The summed E-state index contributed by atoms with van der Waals surface area (Å²) >= 11 is 0. The molecule has 0 bridgehead atoms. The molecule has 1 heterocycles. The molecule has 1 rings (SSSR count). The van der Waals surface area contributed by atoms with Crippen LogP contribution in [-0.2, 0) is 14.6 Å². The highest BCUT2D eigenvalue weighted by atomic mass is 32.2. The lowest BCUT2D eigenvalue weighted by molar-refractivity contribution is 0.0474. The van der Waals surface area contributed by atoms with Crippen molar-refractivity contribution in [2.75, 3.05) is 25.1 Å². The van der Waals surface area contributed by atoms with E-state index in [4.69, 9.17) is 4.74 Å². The van der Waals surface area contributed by atoms with Crippen molar-refractivity contribution in [3.8, 4) is 0 Å². The van der Waals surface area contributed by atoms with Crippen molar-refractivity contribution in [3.63, 3.8) is 0 Å². The highest BCUT2D eigenvalue weighted by molar-refractivity contribution is 7.90. The van der Waals surface area contributed by atoms with Crippen LogP contribution in [0.5, 0.6) is 0 Å². The van der Waals surface area contributed by atoms with E-state index < -0.39 is 27.1 Å². The Hall–Kier alpha value is -0.820. The molecule has 1 fully saturated rings. The van der Waals surface area contributed by atoms with Crippen LogP contribution in [0.3, 0.4) is 0 Å². The second kappa shape index (κ2) is 5.05. The van der Waals surface area contributed by atoms with Gasteiger partial charge in [-0.1, -0.05) is 0 Å². The van der Waals surface area contributed by atoms with Gasteiger partial charge >= 0.3 is 6.09 Å². The Morgan fingerprint density at radius 3 is 2.44 bits per heavy atom. The first kappa shape index (κ1) is 15.2. The average molecular weight is 278 g/mol. The van der Waals surface area contributed by atoms with E-state index in [2.05, 4.69) is 10.6 Å². The minimum absolute atomic E-state index is 0.0771. The molecule has 0 radical (unpaired) electrons. The fourth-order valence-electron chi connectivity index (χ4n) is 2.03. The first-order chi connectivity index (χ1) is 8.02. The standard InChI is InChI=1S/C11H22N2O4S/c1-10(2,3)17-9(14)13-11(5-6-12-7-11)8-18(4,15)16/h12H,5-8H2,1-4H3,(H,13,14). The summed E-state index contributed by atoms with van der Waals surface area (Å²) in [4.78, 5) is 11.7. The summed E-state index contributed by atoms with van der Waals surface area (Å²) in [7, 11) is -3.17. The van der Waals surface area contributed by atoms with Crippen LogP contribution in [0.1, 0.15) is 27.2 Å². The SMILES string of the molecule is CC(C)(C)OC(=O)NC1(CS(C)(=O)=O)CCNC1. The molecule has 1 unspecified atom stereocenters. The molecule has 6 nitrogen and oxygen atoms in total. The van der Waals surface area contributed by atoms with Gasteiger partial charge in [0.25, 0.3) is 0 Å². The zero-order valence-corrected chi connectivity index (χ0v) is 12.2. The summed E-state index contributed by atoms with van der Waals surface area (Å²) < 4.78 is 28.0. The lowest BCUT2D eigenvalue weighted by Crippen LogP contribution is -2.55. The van der Waals surface area contributed by atoms with E-state index in [1.807, 2.05) is 0 Å². The van der Waals surface area contributed by atoms with E-state index in [-0.39, 0.29) is 5.75 Å². The van der Waals surface area contributed by atoms with Gasteiger partial charge in [0.1, 0.15) is 15.4 Å². The Bertz CT molecular complexity index is 405. The number of rotatable bonds is 3. The largest absolute Gasteiger partial charge is 0.444 e. The molecule has 0 aromatic carbocycles. The number of nitrogens with one attached hydrogen (secondary N) is 2. The van der Waals surface area contributed by atoms with Gasteiger partial charge in [-0.15, -0.1) is 0 Å². The number of alkyl carbamates (subject to hydrolysis) is 1. The molecule has 0 aromatic heterocycles. The molecule has 1 amide bonds. The van der Waals surface area contributed by atoms with Gasteiger partial charge < -0.3 is 15.4 Å². The third kappa shape index (κ3) is 5.22. The van der Waals surface area contributed by atoms with Crippen molar-refractivity contribution in [2.45, 2.75) is 38.3 Å². The van der Waals surface area contributed by atoms with Crippen LogP contribution >= 0.6 is 0 Å². The summed E-state index contributed by atoms with van der Waals surface area (Å²) in [5.74, 6) is -0.0771. The first-order valence-corrected chi connectivity index (χ1v) is 7.97. The minimum atomic E-state index is -3.17. The van der Waals surface area contributed by atoms with Crippen LogP contribution in [0.15, 0.2) is 0 Å². The monoisotopic (exact) mass is 278 g/mol. The molecular weight excluding hydrogens is 256 g/mol. The van der Waals surface area contributed by atoms with E-state index in [9.17, 15) is 13.2 Å². The van der Waals surface area contributed by atoms with Crippen molar-refractivity contribution in [3.05, 3.63) is 0 Å². The molecule has 18 heavy (non-hydrogen) atoms. The fraction of sp³-hybridized carbons (Fsp3) is 0.909. The number of hydrogen-bond acceptors (Lipinski definition) is 5. The number of hydrogen-bond donors (Lipinski definition) is 2.